The summed E-state index contributed by atoms with van der Waals surface area (Å²) in [5.74, 6) is 1.15. The fourth-order valence-electron chi connectivity index (χ4n) is 2.04. The fourth-order valence-corrected chi connectivity index (χ4v) is 2.04. The van der Waals surface area contributed by atoms with Crippen molar-refractivity contribution in [2.75, 3.05) is 6.79 Å². The Kier molecular flexibility index (Phi) is 5.91. The van der Waals surface area contributed by atoms with E-state index in [0.29, 0.717) is 11.3 Å². The van der Waals surface area contributed by atoms with Crippen molar-refractivity contribution in [3.63, 3.8) is 0 Å². The summed E-state index contributed by atoms with van der Waals surface area (Å²) in [7, 11) is 0. The molecule has 0 spiro atoms. The number of amides is 1. The third-order valence-corrected chi connectivity index (χ3v) is 3.29. The first-order chi connectivity index (χ1) is 10.8. The first-order valence-electron chi connectivity index (χ1n) is 6.98. The number of aromatic nitrogens is 1. The Morgan fingerprint density at radius 3 is 2.74 bits per heavy atom. The lowest BCUT2D eigenvalue weighted by molar-refractivity contribution is -0.693. The molecule has 0 bridgehead atoms. The molecule has 1 N–H and O–H groups in total. The molecule has 2 heterocycles. The Balaban J connectivity index is 0.00000192. The molecule has 0 aliphatic carbocycles. The molecule has 1 aliphatic rings. The first-order valence-corrected chi connectivity index (χ1v) is 6.98. The third-order valence-electron chi connectivity index (χ3n) is 3.29. The zero-order valence-corrected chi connectivity index (χ0v) is 14.7. The predicted octanol–water partition coefficient (Wildman–Crippen LogP) is -1.51. The van der Waals surface area contributed by atoms with Gasteiger partial charge in [-0.3, -0.25) is 4.79 Å². The zero-order chi connectivity index (χ0) is 15.4. The molecule has 3 rings (SSSR count). The molecule has 0 atom stereocenters. The van der Waals surface area contributed by atoms with Gasteiger partial charge in [-0.15, -0.1) is 0 Å². The number of halogens is 1. The summed E-state index contributed by atoms with van der Waals surface area (Å²) in [5.41, 5.74) is 3.89. The van der Waals surface area contributed by atoms with E-state index in [1.54, 1.807) is 18.3 Å². The highest BCUT2D eigenvalue weighted by Gasteiger charge is 2.12. The molecule has 2 aromatic rings. The largest absolute Gasteiger partial charge is 1.00 e. The SMILES string of the molecule is CC[n+]1ccc(C(=O)N/N=C/c2ccc3c(c2)OCO3)cc1.[I-]. The summed E-state index contributed by atoms with van der Waals surface area (Å²) in [4.78, 5) is 11.9. The Hall–Kier alpha value is -2.16. The average molecular weight is 425 g/mol. The predicted molar refractivity (Wildman–Crippen MR) is 79.9 cm³/mol. The minimum atomic E-state index is -0.250. The average Bonchev–Trinajstić information content (AvgIpc) is 3.02. The van der Waals surface area contributed by atoms with Crippen LogP contribution in [-0.4, -0.2) is 18.9 Å². The molecule has 1 aromatic carbocycles. The first kappa shape index (κ1) is 17.2. The van der Waals surface area contributed by atoms with Gasteiger partial charge in [0.25, 0.3) is 5.91 Å². The number of benzene rings is 1. The number of hydrogen-bond acceptors (Lipinski definition) is 4. The molecule has 6 nitrogen and oxygen atoms in total. The number of nitrogens with zero attached hydrogens (tertiary/aromatic N) is 2. The molecule has 0 radical (unpaired) electrons. The van der Waals surface area contributed by atoms with Crippen LogP contribution in [-0.2, 0) is 6.54 Å². The molecule has 0 fully saturated rings. The molecule has 23 heavy (non-hydrogen) atoms. The summed E-state index contributed by atoms with van der Waals surface area (Å²) in [6.45, 7) is 3.14. The molecule has 0 saturated carbocycles. The summed E-state index contributed by atoms with van der Waals surface area (Å²) >= 11 is 0. The van der Waals surface area contributed by atoms with Crippen LogP contribution in [0.3, 0.4) is 0 Å². The highest BCUT2D eigenvalue weighted by Crippen LogP contribution is 2.31. The van der Waals surface area contributed by atoms with Gasteiger partial charge < -0.3 is 33.5 Å². The maximum Gasteiger partial charge on any atom is 0.271 e. The maximum atomic E-state index is 11.9. The molecule has 0 unspecified atom stereocenters. The highest BCUT2D eigenvalue weighted by molar-refractivity contribution is 5.94. The normalized spacial score (nSPS) is 12.0. The second-order valence-corrected chi connectivity index (χ2v) is 4.73. The Labute approximate surface area is 151 Å². The van der Waals surface area contributed by atoms with Gasteiger partial charge in [0.1, 0.15) is 6.54 Å². The second-order valence-electron chi connectivity index (χ2n) is 4.73. The van der Waals surface area contributed by atoms with Gasteiger partial charge >= 0.3 is 0 Å². The molecule has 1 aromatic heterocycles. The van der Waals surface area contributed by atoms with Crippen LogP contribution in [0.1, 0.15) is 22.8 Å². The molecular weight excluding hydrogens is 409 g/mol. The summed E-state index contributed by atoms with van der Waals surface area (Å²) < 4.78 is 12.5. The Bertz CT molecular complexity index is 717. The molecule has 0 saturated heterocycles. The topological polar surface area (TPSA) is 63.8 Å². The van der Waals surface area contributed by atoms with E-state index in [0.717, 1.165) is 17.9 Å². The lowest BCUT2D eigenvalue weighted by Gasteiger charge is -2.00. The van der Waals surface area contributed by atoms with Crippen LogP contribution >= 0.6 is 0 Å². The van der Waals surface area contributed by atoms with Crippen LogP contribution in [0.15, 0.2) is 47.8 Å². The minimum absolute atomic E-state index is 0. The molecule has 1 aliphatic heterocycles. The van der Waals surface area contributed by atoms with E-state index in [-0.39, 0.29) is 36.7 Å². The fraction of sp³-hybridized carbons (Fsp3) is 0.188. The number of rotatable bonds is 4. The highest BCUT2D eigenvalue weighted by atomic mass is 127. The number of carbonyl (C=O) groups is 1. The van der Waals surface area contributed by atoms with Crippen LogP contribution < -0.4 is 43.4 Å². The summed E-state index contributed by atoms with van der Waals surface area (Å²) in [5, 5.41) is 3.96. The van der Waals surface area contributed by atoms with E-state index in [1.807, 2.05) is 42.1 Å². The minimum Gasteiger partial charge on any atom is -1.00 e. The van der Waals surface area contributed by atoms with Gasteiger partial charge in [0, 0.05) is 12.1 Å². The Morgan fingerprint density at radius 1 is 1.26 bits per heavy atom. The van der Waals surface area contributed by atoms with Crippen molar-refractivity contribution in [2.24, 2.45) is 5.10 Å². The van der Waals surface area contributed by atoms with E-state index >= 15 is 0 Å². The number of carbonyl (C=O) groups excluding carboxylic acids is 1. The smallest absolute Gasteiger partial charge is 0.271 e. The number of pyridine rings is 1. The van der Waals surface area contributed by atoms with Crippen LogP contribution in [0.4, 0.5) is 0 Å². The number of aryl methyl sites for hydroxylation is 1. The van der Waals surface area contributed by atoms with E-state index in [1.165, 1.54) is 0 Å². The van der Waals surface area contributed by atoms with Crippen molar-refractivity contribution in [1.82, 2.24) is 5.43 Å². The van der Waals surface area contributed by atoms with E-state index in [9.17, 15) is 4.79 Å². The van der Waals surface area contributed by atoms with Crippen molar-refractivity contribution >= 4 is 12.1 Å². The van der Waals surface area contributed by atoms with Gasteiger partial charge in [0.2, 0.25) is 6.79 Å². The van der Waals surface area contributed by atoms with Crippen molar-refractivity contribution < 1.29 is 42.8 Å². The molecular formula is C16H16IN3O3. The van der Waals surface area contributed by atoms with Gasteiger partial charge in [-0.05, 0) is 30.7 Å². The lowest BCUT2D eigenvalue weighted by Crippen LogP contribution is -3.00. The number of hydrazone groups is 1. The van der Waals surface area contributed by atoms with Gasteiger partial charge in [-0.1, -0.05) is 0 Å². The summed E-state index contributed by atoms with van der Waals surface area (Å²) in [6.07, 6.45) is 5.28. The number of fused-ring (bicyclic) bond motifs is 1. The molecule has 120 valence electrons. The quantitative estimate of drug-likeness (QED) is 0.281. The number of ether oxygens (including phenoxy) is 2. The van der Waals surface area contributed by atoms with Crippen molar-refractivity contribution in [3.8, 4) is 11.5 Å². The van der Waals surface area contributed by atoms with Gasteiger partial charge in [0.05, 0.1) is 11.8 Å². The van der Waals surface area contributed by atoms with Crippen LogP contribution in [0, 0.1) is 0 Å². The van der Waals surface area contributed by atoms with Gasteiger partial charge in [-0.25, -0.2) is 9.99 Å². The molecule has 7 heteroatoms. The van der Waals surface area contributed by atoms with Crippen LogP contribution in [0.5, 0.6) is 11.5 Å². The van der Waals surface area contributed by atoms with E-state index in [4.69, 9.17) is 9.47 Å². The standard InChI is InChI=1S/C16H15N3O3.HI/c1-2-19-7-5-13(6-8-19)16(20)18-17-10-12-3-4-14-15(9-12)22-11-21-14;/h3-10H,2,11H2,1H3;1H. The van der Waals surface area contributed by atoms with Gasteiger partial charge in [-0.2, -0.15) is 5.10 Å². The third kappa shape index (κ3) is 4.19. The van der Waals surface area contributed by atoms with Crippen molar-refractivity contribution in [1.29, 1.82) is 0 Å². The van der Waals surface area contributed by atoms with Crippen LogP contribution in [0.25, 0.3) is 0 Å². The Morgan fingerprint density at radius 2 is 2.00 bits per heavy atom. The zero-order valence-electron chi connectivity index (χ0n) is 12.5. The second kappa shape index (κ2) is 7.91. The van der Waals surface area contributed by atoms with Crippen molar-refractivity contribution in [3.05, 3.63) is 53.9 Å². The number of hydrogen-bond donors (Lipinski definition) is 1. The van der Waals surface area contributed by atoms with E-state index < -0.39 is 0 Å². The van der Waals surface area contributed by atoms with Gasteiger partial charge in [0.15, 0.2) is 23.9 Å². The monoisotopic (exact) mass is 425 g/mol. The summed E-state index contributed by atoms with van der Waals surface area (Å²) in [6, 6.07) is 8.98. The molecule has 1 amide bonds. The van der Waals surface area contributed by atoms with Crippen LogP contribution in [0.2, 0.25) is 0 Å². The maximum absolute atomic E-state index is 11.9. The lowest BCUT2D eigenvalue weighted by atomic mass is 10.2. The number of nitrogens with one attached hydrogen (secondary N) is 1. The van der Waals surface area contributed by atoms with E-state index in [2.05, 4.69) is 10.5 Å². The van der Waals surface area contributed by atoms with Crippen molar-refractivity contribution in [2.45, 2.75) is 13.5 Å².